The quantitative estimate of drug-likeness (QED) is 0.854. The topological polar surface area (TPSA) is 42.4 Å². The van der Waals surface area contributed by atoms with Gasteiger partial charge in [0.15, 0.2) is 0 Å². The summed E-state index contributed by atoms with van der Waals surface area (Å²) in [5.74, 6) is 0.991. The van der Waals surface area contributed by atoms with Crippen molar-refractivity contribution in [3.8, 4) is 0 Å². The average Bonchev–Trinajstić information content (AvgIpc) is 2.77. The fourth-order valence-corrected chi connectivity index (χ4v) is 2.80. The van der Waals surface area contributed by atoms with Crippen LogP contribution in [0.2, 0.25) is 0 Å². The first kappa shape index (κ1) is 11.7. The molecule has 0 bridgehead atoms. The molecular formula is C13H22N2O. The van der Waals surface area contributed by atoms with E-state index in [1.807, 2.05) is 12.1 Å². The van der Waals surface area contributed by atoms with Crippen LogP contribution in [-0.2, 0) is 0 Å². The molecule has 0 saturated carbocycles. The Kier molecular flexibility index (Phi) is 3.08. The zero-order valence-corrected chi connectivity index (χ0v) is 10.4. The van der Waals surface area contributed by atoms with E-state index in [1.165, 1.54) is 12.8 Å². The van der Waals surface area contributed by atoms with Crippen molar-refractivity contribution in [1.29, 1.82) is 0 Å². The third-order valence-electron chi connectivity index (χ3n) is 3.63. The van der Waals surface area contributed by atoms with Gasteiger partial charge in [0.25, 0.3) is 0 Å². The van der Waals surface area contributed by atoms with Gasteiger partial charge in [0.1, 0.15) is 5.76 Å². The fraction of sp³-hybridized carbons (Fsp3) is 0.692. The lowest BCUT2D eigenvalue weighted by Crippen LogP contribution is -2.46. The lowest BCUT2D eigenvalue weighted by Gasteiger charge is -2.39. The maximum atomic E-state index is 6.13. The molecule has 3 heteroatoms. The van der Waals surface area contributed by atoms with Crippen LogP contribution in [0.15, 0.2) is 22.8 Å². The van der Waals surface area contributed by atoms with Gasteiger partial charge in [-0.1, -0.05) is 0 Å². The molecule has 90 valence electrons. The van der Waals surface area contributed by atoms with E-state index in [0.717, 1.165) is 12.3 Å². The highest BCUT2D eigenvalue weighted by Gasteiger charge is 2.39. The number of hydrogen-bond acceptors (Lipinski definition) is 3. The third-order valence-corrected chi connectivity index (χ3v) is 3.63. The van der Waals surface area contributed by atoms with Gasteiger partial charge in [0.05, 0.1) is 12.3 Å². The molecule has 1 aromatic rings. The van der Waals surface area contributed by atoms with E-state index in [1.54, 1.807) is 6.26 Å². The normalized spacial score (nSPS) is 24.5. The molecule has 2 N–H and O–H groups in total. The Morgan fingerprint density at radius 2 is 2.25 bits per heavy atom. The smallest absolute Gasteiger partial charge is 0.122 e. The maximum absolute atomic E-state index is 6.13. The number of likely N-dealkylation sites (tertiary alicyclic amines) is 1. The Morgan fingerprint density at radius 1 is 1.50 bits per heavy atom. The highest BCUT2D eigenvalue weighted by atomic mass is 16.3. The molecule has 1 aromatic heterocycles. The summed E-state index contributed by atoms with van der Waals surface area (Å²) in [5.41, 5.74) is 6.35. The van der Waals surface area contributed by atoms with Crippen LogP contribution in [0.1, 0.15) is 45.4 Å². The van der Waals surface area contributed by atoms with E-state index >= 15 is 0 Å². The van der Waals surface area contributed by atoms with Crippen LogP contribution in [0.5, 0.6) is 0 Å². The number of furan rings is 1. The maximum Gasteiger partial charge on any atom is 0.122 e. The number of nitrogens with zero attached hydrogens (tertiary/aromatic N) is 1. The average molecular weight is 222 g/mol. The minimum Gasteiger partial charge on any atom is -0.468 e. The third kappa shape index (κ3) is 2.02. The van der Waals surface area contributed by atoms with E-state index < -0.39 is 0 Å². The predicted molar refractivity (Wildman–Crippen MR) is 65.1 cm³/mol. The summed E-state index contributed by atoms with van der Waals surface area (Å²) in [6.07, 6.45) is 4.21. The number of nitrogens with two attached hydrogens (primary N) is 1. The SMILES string of the molecule is CC(N)C(c1ccco1)N1CCCC1(C)C. The van der Waals surface area contributed by atoms with Crippen LogP contribution < -0.4 is 5.73 Å². The van der Waals surface area contributed by atoms with Crippen LogP contribution in [0.25, 0.3) is 0 Å². The second kappa shape index (κ2) is 4.22. The highest BCUT2D eigenvalue weighted by molar-refractivity contribution is 5.10. The molecule has 3 nitrogen and oxygen atoms in total. The molecule has 1 aliphatic rings. The molecule has 1 aliphatic heterocycles. The van der Waals surface area contributed by atoms with Crippen molar-refractivity contribution in [2.45, 2.75) is 51.2 Å². The van der Waals surface area contributed by atoms with Gasteiger partial charge in [0, 0.05) is 11.6 Å². The molecule has 2 atom stereocenters. The van der Waals surface area contributed by atoms with Gasteiger partial charge in [-0.25, -0.2) is 0 Å². The lowest BCUT2D eigenvalue weighted by atomic mass is 9.97. The Labute approximate surface area is 97.6 Å². The van der Waals surface area contributed by atoms with Gasteiger partial charge < -0.3 is 10.2 Å². The van der Waals surface area contributed by atoms with Crippen LogP contribution in [0, 0.1) is 0 Å². The van der Waals surface area contributed by atoms with E-state index in [2.05, 4.69) is 25.7 Å². The van der Waals surface area contributed by atoms with Crippen LogP contribution in [0.3, 0.4) is 0 Å². The largest absolute Gasteiger partial charge is 0.468 e. The van der Waals surface area contributed by atoms with Gasteiger partial charge >= 0.3 is 0 Å². The summed E-state index contributed by atoms with van der Waals surface area (Å²) in [6.45, 7) is 7.75. The molecule has 0 aliphatic carbocycles. The Morgan fingerprint density at radius 3 is 2.69 bits per heavy atom. The lowest BCUT2D eigenvalue weighted by molar-refractivity contribution is 0.0870. The van der Waals surface area contributed by atoms with E-state index in [9.17, 15) is 0 Å². The van der Waals surface area contributed by atoms with Crippen molar-refractivity contribution < 1.29 is 4.42 Å². The standard InChI is InChI=1S/C13H22N2O/c1-10(14)12(11-6-4-9-16-11)15-8-5-7-13(15,2)3/h4,6,9-10,12H,5,7-8,14H2,1-3H3. The first-order valence-electron chi connectivity index (χ1n) is 6.08. The monoisotopic (exact) mass is 222 g/mol. The highest BCUT2D eigenvalue weighted by Crippen LogP contribution is 2.37. The summed E-state index contributed by atoms with van der Waals surface area (Å²) in [4.78, 5) is 2.48. The molecular weight excluding hydrogens is 200 g/mol. The molecule has 2 rings (SSSR count). The van der Waals surface area contributed by atoms with Crippen LogP contribution >= 0.6 is 0 Å². The second-order valence-corrected chi connectivity index (χ2v) is 5.43. The Balaban J connectivity index is 2.27. The van der Waals surface area contributed by atoms with Crippen molar-refractivity contribution in [3.63, 3.8) is 0 Å². The molecule has 0 amide bonds. The van der Waals surface area contributed by atoms with Crippen molar-refractivity contribution in [2.24, 2.45) is 5.73 Å². The summed E-state index contributed by atoms with van der Waals surface area (Å²) in [6, 6.07) is 4.26. The van der Waals surface area contributed by atoms with Gasteiger partial charge in [-0.15, -0.1) is 0 Å². The van der Waals surface area contributed by atoms with Crippen molar-refractivity contribution >= 4 is 0 Å². The van der Waals surface area contributed by atoms with Crippen LogP contribution in [-0.4, -0.2) is 23.0 Å². The van der Waals surface area contributed by atoms with E-state index in [-0.39, 0.29) is 17.6 Å². The minimum atomic E-state index is 0.0866. The van der Waals surface area contributed by atoms with Gasteiger partial charge in [0.2, 0.25) is 0 Å². The zero-order chi connectivity index (χ0) is 11.8. The predicted octanol–water partition coefficient (Wildman–Crippen LogP) is 2.54. The molecule has 16 heavy (non-hydrogen) atoms. The number of hydrogen-bond donors (Lipinski definition) is 1. The molecule has 2 unspecified atom stereocenters. The van der Waals surface area contributed by atoms with Crippen molar-refractivity contribution in [2.75, 3.05) is 6.54 Å². The van der Waals surface area contributed by atoms with E-state index in [0.29, 0.717) is 0 Å². The fourth-order valence-electron chi connectivity index (χ4n) is 2.80. The molecule has 1 fully saturated rings. The first-order valence-corrected chi connectivity index (χ1v) is 6.08. The summed E-state index contributed by atoms with van der Waals surface area (Å²) in [7, 11) is 0. The molecule has 0 radical (unpaired) electrons. The zero-order valence-electron chi connectivity index (χ0n) is 10.4. The summed E-state index contributed by atoms with van der Waals surface area (Å²) < 4.78 is 5.54. The summed E-state index contributed by atoms with van der Waals surface area (Å²) in [5, 5.41) is 0. The first-order chi connectivity index (χ1) is 7.52. The Bertz CT molecular complexity index is 330. The van der Waals surface area contributed by atoms with Crippen LogP contribution in [0.4, 0.5) is 0 Å². The molecule has 1 saturated heterocycles. The van der Waals surface area contributed by atoms with Crippen molar-refractivity contribution in [1.82, 2.24) is 4.90 Å². The molecule has 0 aromatic carbocycles. The van der Waals surface area contributed by atoms with Gasteiger partial charge in [-0.2, -0.15) is 0 Å². The number of rotatable bonds is 3. The molecule has 2 heterocycles. The second-order valence-electron chi connectivity index (χ2n) is 5.43. The van der Waals surface area contributed by atoms with Gasteiger partial charge in [-0.3, -0.25) is 4.90 Å². The van der Waals surface area contributed by atoms with Gasteiger partial charge in [-0.05, 0) is 52.3 Å². The summed E-state index contributed by atoms with van der Waals surface area (Å²) >= 11 is 0. The minimum absolute atomic E-state index is 0.0866. The Hall–Kier alpha value is -0.800. The molecule has 0 spiro atoms. The van der Waals surface area contributed by atoms with E-state index in [4.69, 9.17) is 10.2 Å². The van der Waals surface area contributed by atoms with Crippen molar-refractivity contribution in [3.05, 3.63) is 24.2 Å².